The van der Waals surface area contributed by atoms with Crippen LogP contribution in [0.3, 0.4) is 0 Å². The van der Waals surface area contributed by atoms with Crippen molar-refractivity contribution in [2.75, 3.05) is 31.1 Å². The average Bonchev–Trinajstić information content (AvgIpc) is 3.45. The first-order chi connectivity index (χ1) is 14.7. The van der Waals surface area contributed by atoms with E-state index < -0.39 is 0 Å². The number of hydrogen-bond donors (Lipinski definition) is 0. The van der Waals surface area contributed by atoms with Crippen molar-refractivity contribution in [1.82, 2.24) is 14.9 Å². The number of rotatable bonds is 5. The fourth-order valence-corrected chi connectivity index (χ4v) is 6.70. The smallest absolute Gasteiger partial charge is 0.225 e. The number of carbonyl (C=O) groups is 1. The summed E-state index contributed by atoms with van der Waals surface area (Å²) < 4.78 is 0. The van der Waals surface area contributed by atoms with E-state index in [1.165, 1.54) is 65.6 Å². The SMILES string of the molecule is CCCCc1nc(N2CCN(C(=O)C3CCCC3)CC2)c2c3c(sc2n1)CCCC3. The molecule has 6 heteroatoms. The predicted octanol–water partition coefficient (Wildman–Crippen LogP) is 4.75. The fraction of sp³-hybridized carbons (Fsp3) is 0.708. The number of unbranched alkanes of at least 4 members (excludes halogenated alkanes) is 1. The van der Waals surface area contributed by atoms with Gasteiger partial charge >= 0.3 is 0 Å². The number of aryl methyl sites for hydroxylation is 3. The Hall–Kier alpha value is -1.69. The molecule has 3 aliphatic rings. The minimum Gasteiger partial charge on any atom is -0.352 e. The summed E-state index contributed by atoms with van der Waals surface area (Å²) in [5.41, 5.74) is 1.52. The van der Waals surface area contributed by atoms with Crippen LogP contribution in [-0.2, 0) is 24.1 Å². The van der Waals surface area contributed by atoms with Crippen molar-refractivity contribution in [1.29, 1.82) is 0 Å². The van der Waals surface area contributed by atoms with Crippen LogP contribution in [-0.4, -0.2) is 47.0 Å². The molecule has 2 aromatic rings. The van der Waals surface area contributed by atoms with Crippen LogP contribution in [0.1, 0.15) is 74.6 Å². The number of nitrogens with zero attached hydrogens (tertiary/aromatic N) is 4. The zero-order valence-electron chi connectivity index (χ0n) is 18.3. The molecule has 0 aromatic carbocycles. The zero-order valence-corrected chi connectivity index (χ0v) is 19.1. The Kier molecular flexibility index (Phi) is 5.94. The van der Waals surface area contributed by atoms with E-state index in [4.69, 9.17) is 9.97 Å². The Labute approximate surface area is 183 Å². The van der Waals surface area contributed by atoms with Crippen molar-refractivity contribution in [3.8, 4) is 0 Å². The van der Waals surface area contributed by atoms with Gasteiger partial charge in [0.15, 0.2) is 0 Å². The molecule has 30 heavy (non-hydrogen) atoms. The maximum Gasteiger partial charge on any atom is 0.225 e. The van der Waals surface area contributed by atoms with Crippen LogP contribution >= 0.6 is 11.3 Å². The van der Waals surface area contributed by atoms with Gasteiger partial charge in [0.05, 0.1) is 5.39 Å². The summed E-state index contributed by atoms with van der Waals surface area (Å²) in [5, 5.41) is 1.32. The van der Waals surface area contributed by atoms with Gasteiger partial charge in [-0.15, -0.1) is 11.3 Å². The normalized spacial score (nSPS) is 20.2. The van der Waals surface area contributed by atoms with E-state index in [2.05, 4.69) is 16.7 Å². The number of thiophene rings is 1. The molecule has 0 unspecified atom stereocenters. The number of piperazine rings is 1. The largest absolute Gasteiger partial charge is 0.352 e. The maximum absolute atomic E-state index is 12.9. The minimum absolute atomic E-state index is 0.284. The topological polar surface area (TPSA) is 49.3 Å². The van der Waals surface area contributed by atoms with Gasteiger partial charge in [-0.25, -0.2) is 9.97 Å². The van der Waals surface area contributed by atoms with E-state index >= 15 is 0 Å². The highest BCUT2D eigenvalue weighted by Gasteiger charge is 2.31. The summed E-state index contributed by atoms with van der Waals surface area (Å²) in [6.07, 6.45) is 12.8. The molecular weight excluding hydrogens is 392 g/mol. The molecule has 1 saturated heterocycles. The Morgan fingerprint density at radius 1 is 1.03 bits per heavy atom. The summed E-state index contributed by atoms with van der Waals surface area (Å²) in [6.45, 7) is 5.67. The van der Waals surface area contributed by atoms with Crippen molar-refractivity contribution in [3.05, 3.63) is 16.3 Å². The molecule has 1 aliphatic heterocycles. The van der Waals surface area contributed by atoms with Gasteiger partial charge in [-0.05, 0) is 50.5 Å². The molecule has 0 bridgehead atoms. The van der Waals surface area contributed by atoms with Crippen LogP contribution in [0.15, 0.2) is 0 Å². The molecule has 0 radical (unpaired) electrons. The van der Waals surface area contributed by atoms with Gasteiger partial charge in [0.2, 0.25) is 5.91 Å². The van der Waals surface area contributed by atoms with Gasteiger partial charge in [-0.1, -0.05) is 26.2 Å². The van der Waals surface area contributed by atoms with Gasteiger partial charge < -0.3 is 9.80 Å². The Morgan fingerprint density at radius 2 is 1.80 bits per heavy atom. The first-order valence-electron chi connectivity index (χ1n) is 12.1. The molecule has 0 N–H and O–H groups in total. The van der Waals surface area contributed by atoms with Gasteiger partial charge in [0.1, 0.15) is 16.5 Å². The molecular formula is C24H34N4OS. The number of aromatic nitrogens is 2. The molecule has 5 nitrogen and oxygen atoms in total. The summed E-state index contributed by atoms with van der Waals surface area (Å²) in [5.74, 6) is 2.84. The zero-order chi connectivity index (χ0) is 20.5. The van der Waals surface area contributed by atoms with Gasteiger partial charge in [-0.3, -0.25) is 4.79 Å². The molecule has 1 amide bonds. The van der Waals surface area contributed by atoms with E-state index in [0.717, 1.165) is 63.5 Å². The number of hydrogen-bond acceptors (Lipinski definition) is 5. The highest BCUT2D eigenvalue weighted by molar-refractivity contribution is 7.19. The summed E-state index contributed by atoms with van der Waals surface area (Å²) in [6, 6.07) is 0. The molecule has 2 aromatic heterocycles. The van der Waals surface area contributed by atoms with Crippen LogP contribution in [0.4, 0.5) is 5.82 Å². The van der Waals surface area contributed by atoms with Gasteiger partial charge in [-0.2, -0.15) is 0 Å². The third-order valence-electron chi connectivity index (χ3n) is 7.19. The van der Waals surface area contributed by atoms with Crippen LogP contribution in [0.25, 0.3) is 10.2 Å². The maximum atomic E-state index is 12.9. The summed E-state index contributed by atoms with van der Waals surface area (Å²) in [7, 11) is 0. The highest BCUT2D eigenvalue weighted by Crippen LogP contribution is 2.40. The molecule has 1 saturated carbocycles. The van der Waals surface area contributed by atoms with Crippen molar-refractivity contribution in [3.63, 3.8) is 0 Å². The molecule has 5 rings (SSSR count). The average molecular weight is 427 g/mol. The lowest BCUT2D eigenvalue weighted by molar-refractivity contribution is -0.135. The Bertz CT molecular complexity index is 910. The minimum atomic E-state index is 0.284. The van der Waals surface area contributed by atoms with Crippen LogP contribution in [0, 0.1) is 5.92 Å². The molecule has 162 valence electrons. The second-order valence-corrected chi connectivity index (χ2v) is 10.3. The van der Waals surface area contributed by atoms with E-state index in [1.807, 2.05) is 11.3 Å². The van der Waals surface area contributed by atoms with Crippen molar-refractivity contribution in [2.24, 2.45) is 5.92 Å². The lowest BCUT2D eigenvalue weighted by atomic mass is 9.96. The van der Waals surface area contributed by atoms with E-state index in [9.17, 15) is 4.79 Å². The number of anilines is 1. The second-order valence-electron chi connectivity index (χ2n) is 9.25. The van der Waals surface area contributed by atoms with Crippen molar-refractivity contribution >= 4 is 33.3 Å². The third kappa shape index (κ3) is 3.83. The van der Waals surface area contributed by atoms with Crippen molar-refractivity contribution < 1.29 is 4.79 Å². The first kappa shape index (κ1) is 20.2. The second kappa shape index (κ2) is 8.81. The van der Waals surface area contributed by atoms with E-state index in [-0.39, 0.29) is 5.92 Å². The molecule has 3 heterocycles. The molecule has 0 atom stereocenters. The number of carbonyl (C=O) groups excluding carboxylic acids is 1. The fourth-order valence-electron chi connectivity index (χ4n) is 5.43. The van der Waals surface area contributed by atoms with E-state index in [1.54, 1.807) is 0 Å². The quantitative estimate of drug-likeness (QED) is 0.692. The van der Waals surface area contributed by atoms with Gasteiger partial charge in [0, 0.05) is 43.4 Å². The Morgan fingerprint density at radius 3 is 2.57 bits per heavy atom. The lowest BCUT2D eigenvalue weighted by Gasteiger charge is -2.37. The molecule has 2 fully saturated rings. The van der Waals surface area contributed by atoms with Gasteiger partial charge in [0.25, 0.3) is 0 Å². The van der Waals surface area contributed by atoms with Crippen LogP contribution in [0.2, 0.25) is 0 Å². The van der Waals surface area contributed by atoms with E-state index in [0.29, 0.717) is 5.91 Å². The monoisotopic (exact) mass is 426 g/mol. The predicted molar refractivity (Wildman–Crippen MR) is 123 cm³/mol. The van der Waals surface area contributed by atoms with Crippen LogP contribution in [0.5, 0.6) is 0 Å². The summed E-state index contributed by atoms with van der Waals surface area (Å²) in [4.78, 5) is 30.2. The number of fused-ring (bicyclic) bond motifs is 3. The Balaban J connectivity index is 1.41. The first-order valence-corrected chi connectivity index (χ1v) is 12.9. The third-order valence-corrected chi connectivity index (χ3v) is 8.38. The molecule has 0 spiro atoms. The highest BCUT2D eigenvalue weighted by atomic mass is 32.1. The standard InChI is InChI=1S/C24H34N4OS/c1-2-3-12-20-25-22(21-18-10-6-7-11-19(18)30-23(21)26-20)27-13-15-28(16-14-27)24(29)17-8-4-5-9-17/h17H,2-16H2,1H3. The van der Waals surface area contributed by atoms with Crippen molar-refractivity contribution in [2.45, 2.75) is 77.6 Å². The summed E-state index contributed by atoms with van der Waals surface area (Å²) >= 11 is 1.91. The lowest BCUT2D eigenvalue weighted by Crippen LogP contribution is -2.50. The number of amides is 1. The molecule has 2 aliphatic carbocycles. The van der Waals surface area contributed by atoms with Crippen LogP contribution < -0.4 is 4.90 Å².